The highest BCUT2D eigenvalue weighted by Gasteiger charge is 2.21. The summed E-state index contributed by atoms with van der Waals surface area (Å²) in [7, 11) is -0.772. The third-order valence-electron chi connectivity index (χ3n) is 4.43. The van der Waals surface area contributed by atoms with Crippen molar-refractivity contribution >= 4 is 27.5 Å². The number of hydrogen-bond donors (Lipinski definition) is 1. The Morgan fingerprint density at radius 1 is 1.07 bits per heavy atom. The second-order valence-electron chi connectivity index (χ2n) is 7.46. The molecule has 0 saturated carbocycles. The second-order valence-corrected chi connectivity index (χ2v) is 10.0. The molecule has 2 aromatic rings. The second kappa shape index (κ2) is 9.07. The van der Waals surface area contributed by atoms with Crippen LogP contribution in [0.5, 0.6) is 0 Å². The maximum Gasteiger partial charge on any atom is 0.253 e. The summed E-state index contributed by atoms with van der Waals surface area (Å²) in [6, 6.07) is 12.0. The maximum absolute atomic E-state index is 12.7. The number of rotatable bonds is 7. The average Bonchev–Trinajstić information content (AvgIpc) is 2.61. The van der Waals surface area contributed by atoms with E-state index in [0.29, 0.717) is 5.92 Å². The number of amides is 1. The zero-order valence-electron chi connectivity index (χ0n) is 16.9. The molecular formula is C21H27ClN2O3S. The van der Waals surface area contributed by atoms with Gasteiger partial charge in [-0.05, 0) is 48.6 Å². The van der Waals surface area contributed by atoms with Crippen LogP contribution in [0.3, 0.4) is 0 Å². The number of nitrogens with zero attached hydrogens (tertiary/aromatic N) is 1. The van der Waals surface area contributed by atoms with Gasteiger partial charge in [-0.2, -0.15) is 0 Å². The van der Waals surface area contributed by atoms with Crippen molar-refractivity contribution in [3.8, 4) is 0 Å². The first-order valence-electron chi connectivity index (χ1n) is 9.14. The van der Waals surface area contributed by atoms with E-state index in [4.69, 9.17) is 11.6 Å². The number of sulfonamides is 1. The van der Waals surface area contributed by atoms with Gasteiger partial charge in [-0.25, -0.2) is 12.7 Å². The first-order valence-corrected chi connectivity index (χ1v) is 11.0. The summed E-state index contributed by atoms with van der Waals surface area (Å²) in [6.45, 7) is 6.22. The fourth-order valence-corrected chi connectivity index (χ4v) is 3.95. The molecule has 2 rings (SSSR count). The van der Waals surface area contributed by atoms with Crippen molar-refractivity contribution in [2.24, 2.45) is 5.92 Å². The molecular weight excluding hydrogens is 396 g/mol. The summed E-state index contributed by atoms with van der Waals surface area (Å²) in [5.74, 6) is 0.162. The Labute approximate surface area is 172 Å². The predicted octanol–water partition coefficient (Wildman–Crippen LogP) is 4.28. The number of nitrogens with one attached hydrogen (secondary N) is 1. The number of carbonyl (C=O) groups is 1. The van der Waals surface area contributed by atoms with Gasteiger partial charge in [0.05, 0.1) is 21.5 Å². The van der Waals surface area contributed by atoms with Crippen LogP contribution in [0.4, 0.5) is 0 Å². The fraction of sp³-hybridized carbons (Fsp3) is 0.381. The highest BCUT2D eigenvalue weighted by atomic mass is 35.5. The molecule has 5 nitrogen and oxygen atoms in total. The monoisotopic (exact) mass is 422 g/mol. The van der Waals surface area contributed by atoms with Gasteiger partial charge >= 0.3 is 0 Å². The Morgan fingerprint density at radius 3 is 2.21 bits per heavy atom. The normalized spacial score (nSPS) is 13.0. The molecule has 0 aliphatic heterocycles. The van der Waals surface area contributed by atoms with Crippen LogP contribution in [0, 0.1) is 5.92 Å². The van der Waals surface area contributed by atoms with Crippen LogP contribution in [0.2, 0.25) is 5.02 Å². The molecule has 152 valence electrons. The lowest BCUT2D eigenvalue weighted by molar-refractivity contribution is 0.0940. The molecule has 2 aromatic carbocycles. The minimum atomic E-state index is -3.65. The van der Waals surface area contributed by atoms with E-state index in [1.54, 1.807) is 0 Å². The minimum Gasteiger partial charge on any atom is -0.345 e. The Morgan fingerprint density at radius 2 is 1.68 bits per heavy atom. The van der Waals surface area contributed by atoms with Crippen LogP contribution in [0.1, 0.15) is 48.3 Å². The SMILES string of the molecule is CC(C)Cc1ccc([C@@H](C)NC(=O)c2cc(S(=O)(=O)N(C)C)ccc2Cl)cc1. The fourth-order valence-electron chi connectivity index (χ4n) is 2.82. The summed E-state index contributed by atoms with van der Waals surface area (Å²) >= 11 is 6.15. The maximum atomic E-state index is 12.7. The van der Waals surface area contributed by atoms with E-state index in [1.165, 1.54) is 37.9 Å². The summed E-state index contributed by atoms with van der Waals surface area (Å²) in [5, 5.41) is 3.09. The zero-order chi connectivity index (χ0) is 21.1. The van der Waals surface area contributed by atoms with Gasteiger partial charge in [0, 0.05) is 14.1 Å². The number of carbonyl (C=O) groups excluding carboxylic acids is 1. The Kier molecular flexibility index (Phi) is 7.26. The lowest BCUT2D eigenvalue weighted by Gasteiger charge is -2.17. The molecule has 0 aromatic heterocycles. The molecule has 1 amide bonds. The molecule has 0 aliphatic carbocycles. The number of halogens is 1. The average molecular weight is 423 g/mol. The molecule has 1 N–H and O–H groups in total. The standard InChI is InChI=1S/C21H27ClN2O3S/c1-14(2)12-16-6-8-17(9-7-16)15(3)23-21(25)19-13-18(10-11-20(19)22)28(26,27)24(4)5/h6-11,13-15H,12H2,1-5H3,(H,23,25)/t15-/m1/s1. The molecule has 0 bridgehead atoms. The van der Waals surface area contributed by atoms with Crippen LogP contribution >= 0.6 is 11.6 Å². The van der Waals surface area contributed by atoms with Gasteiger partial charge in [0.2, 0.25) is 10.0 Å². The smallest absolute Gasteiger partial charge is 0.253 e. The van der Waals surface area contributed by atoms with E-state index < -0.39 is 15.9 Å². The summed E-state index contributed by atoms with van der Waals surface area (Å²) in [6.07, 6.45) is 1.00. The van der Waals surface area contributed by atoms with E-state index in [-0.39, 0.29) is 21.5 Å². The van der Waals surface area contributed by atoms with Crippen LogP contribution in [0.15, 0.2) is 47.4 Å². The molecule has 28 heavy (non-hydrogen) atoms. The van der Waals surface area contributed by atoms with Gasteiger partial charge in [-0.3, -0.25) is 4.79 Å². The molecule has 1 atom stereocenters. The summed E-state index contributed by atoms with van der Waals surface area (Å²) < 4.78 is 25.7. The van der Waals surface area contributed by atoms with Crippen LogP contribution in [-0.4, -0.2) is 32.7 Å². The molecule has 0 fully saturated rings. The molecule has 0 heterocycles. The van der Waals surface area contributed by atoms with E-state index in [9.17, 15) is 13.2 Å². The number of benzene rings is 2. The van der Waals surface area contributed by atoms with Gasteiger partial charge in [-0.1, -0.05) is 49.7 Å². The first kappa shape index (κ1) is 22.4. The first-order chi connectivity index (χ1) is 13.0. The van der Waals surface area contributed by atoms with Crippen molar-refractivity contribution in [1.82, 2.24) is 9.62 Å². The predicted molar refractivity (Wildman–Crippen MR) is 113 cm³/mol. The van der Waals surface area contributed by atoms with E-state index in [1.807, 2.05) is 19.1 Å². The van der Waals surface area contributed by atoms with Crippen LogP contribution in [0.25, 0.3) is 0 Å². The Hall–Kier alpha value is -1.89. The highest BCUT2D eigenvalue weighted by molar-refractivity contribution is 7.89. The molecule has 0 unspecified atom stereocenters. The summed E-state index contributed by atoms with van der Waals surface area (Å²) in [4.78, 5) is 12.7. The van der Waals surface area contributed by atoms with Gasteiger partial charge in [0.25, 0.3) is 5.91 Å². The number of hydrogen-bond acceptors (Lipinski definition) is 3. The largest absolute Gasteiger partial charge is 0.345 e. The van der Waals surface area contributed by atoms with Gasteiger partial charge in [-0.15, -0.1) is 0 Å². The van der Waals surface area contributed by atoms with Gasteiger partial charge in [0.1, 0.15) is 0 Å². The van der Waals surface area contributed by atoms with Crippen LogP contribution in [-0.2, 0) is 16.4 Å². The van der Waals surface area contributed by atoms with Crippen molar-refractivity contribution < 1.29 is 13.2 Å². The van der Waals surface area contributed by atoms with E-state index >= 15 is 0 Å². The van der Waals surface area contributed by atoms with Crippen LogP contribution < -0.4 is 5.32 Å². The quantitative estimate of drug-likeness (QED) is 0.724. The third-order valence-corrected chi connectivity index (χ3v) is 6.57. The van der Waals surface area contributed by atoms with Crippen molar-refractivity contribution in [2.45, 2.75) is 38.1 Å². The molecule has 7 heteroatoms. The van der Waals surface area contributed by atoms with Crippen molar-refractivity contribution in [1.29, 1.82) is 0 Å². The van der Waals surface area contributed by atoms with Crippen molar-refractivity contribution in [2.75, 3.05) is 14.1 Å². The molecule has 0 aliphatic rings. The van der Waals surface area contributed by atoms with Gasteiger partial charge < -0.3 is 5.32 Å². The lowest BCUT2D eigenvalue weighted by atomic mass is 10.00. The topological polar surface area (TPSA) is 66.5 Å². The highest BCUT2D eigenvalue weighted by Crippen LogP contribution is 2.23. The molecule has 0 spiro atoms. The summed E-state index contributed by atoms with van der Waals surface area (Å²) in [5.41, 5.74) is 2.35. The Bertz CT molecular complexity index is 939. The third kappa shape index (κ3) is 5.34. The van der Waals surface area contributed by atoms with E-state index in [2.05, 4.69) is 31.3 Å². The van der Waals surface area contributed by atoms with Crippen molar-refractivity contribution in [3.63, 3.8) is 0 Å². The van der Waals surface area contributed by atoms with Crippen molar-refractivity contribution in [3.05, 3.63) is 64.2 Å². The zero-order valence-corrected chi connectivity index (χ0v) is 18.4. The minimum absolute atomic E-state index is 0.0257. The Balaban J connectivity index is 2.20. The van der Waals surface area contributed by atoms with Gasteiger partial charge in [0.15, 0.2) is 0 Å². The molecule has 0 radical (unpaired) electrons. The van der Waals surface area contributed by atoms with E-state index in [0.717, 1.165) is 16.3 Å². The lowest BCUT2D eigenvalue weighted by Crippen LogP contribution is -2.28. The molecule has 0 saturated heterocycles.